The second kappa shape index (κ2) is 6.51. The number of hydrogen-bond acceptors (Lipinski definition) is 5. The maximum atomic E-state index is 12.0. The fraction of sp³-hybridized carbons (Fsp3) is 0.385. The van der Waals surface area contributed by atoms with E-state index in [1.165, 1.54) is 38.3 Å². The quantitative estimate of drug-likeness (QED) is 0.771. The van der Waals surface area contributed by atoms with Crippen LogP contribution >= 0.6 is 0 Å². The summed E-state index contributed by atoms with van der Waals surface area (Å²) in [5, 5.41) is 0. The molecule has 0 aliphatic rings. The molecule has 7 heteroatoms. The number of carbonyl (C=O) groups is 2. The first-order valence-corrected chi connectivity index (χ1v) is 7.74. The highest BCUT2D eigenvalue weighted by Crippen LogP contribution is 2.12. The Morgan fingerprint density at radius 3 is 2.25 bits per heavy atom. The Labute approximate surface area is 117 Å². The van der Waals surface area contributed by atoms with Gasteiger partial charge in [-0.05, 0) is 17.7 Å². The number of amides is 1. The lowest BCUT2D eigenvalue weighted by atomic mass is 10.1. The van der Waals surface area contributed by atoms with Gasteiger partial charge in [0.2, 0.25) is 5.91 Å². The van der Waals surface area contributed by atoms with Crippen LogP contribution in [0.15, 0.2) is 24.3 Å². The van der Waals surface area contributed by atoms with E-state index in [9.17, 15) is 18.0 Å². The summed E-state index contributed by atoms with van der Waals surface area (Å²) in [6.07, 6.45) is 0. The number of ether oxygens (including phenoxy) is 1. The Morgan fingerprint density at radius 1 is 1.25 bits per heavy atom. The summed E-state index contributed by atoms with van der Waals surface area (Å²) in [5.74, 6) is -2.32. The number of nitrogens with two attached hydrogens (primary N) is 1. The average molecular weight is 299 g/mol. The molecule has 6 nitrogen and oxygen atoms in total. The van der Waals surface area contributed by atoms with E-state index < -0.39 is 27.6 Å². The molecule has 0 aliphatic heterocycles. The highest BCUT2D eigenvalue weighted by atomic mass is 32.2. The zero-order chi connectivity index (χ0) is 15.3. The van der Waals surface area contributed by atoms with E-state index in [0.29, 0.717) is 11.1 Å². The van der Waals surface area contributed by atoms with Crippen LogP contribution in [-0.4, -0.2) is 33.2 Å². The van der Waals surface area contributed by atoms with Crippen LogP contribution in [0.1, 0.15) is 22.8 Å². The minimum absolute atomic E-state index is 0.201. The number of sulfone groups is 1. The summed E-state index contributed by atoms with van der Waals surface area (Å²) in [6, 6.07) is 5.99. The zero-order valence-corrected chi connectivity index (χ0v) is 12.1. The molecule has 1 aromatic rings. The Hall–Kier alpha value is -1.89. The van der Waals surface area contributed by atoms with E-state index in [0.717, 1.165) is 0 Å². The summed E-state index contributed by atoms with van der Waals surface area (Å²) in [5.41, 5.74) is 5.95. The minimum Gasteiger partial charge on any atom is -0.469 e. The predicted molar refractivity (Wildman–Crippen MR) is 73.6 cm³/mol. The molecule has 1 unspecified atom stereocenters. The molecule has 0 radical (unpaired) electrons. The normalized spacial score (nSPS) is 12.7. The van der Waals surface area contributed by atoms with Crippen molar-refractivity contribution in [3.8, 4) is 0 Å². The molecule has 1 rings (SSSR count). The smallest absolute Gasteiger partial charge is 0.309 e. The molecule has 0 aromatic heterocycles. The van der Waals surface area contributed by atoms with Crippen molar-refractivity contribution in [2.75, 3.05) is 12.9 Å². The van der Waals surface area contributed by atoms with Gasteiger partial charge in [-0.15, -0.1) is 0 Å². The van der Waals surface area contributed by atoms with E-state index in [1.54, 1.807) is 0 Å². The van der Waals surface area contributed by atoms with Gasteiger partial charge < -0.3 is 10.5 Å². The summed E-state index contributed by atoms with van der Waals surface area (Å²) in [7, 11) is -2.22. The molecule has 0 spiro atoms. The molecule has 110 valence electrons. The molecule has 1 aromatic carbocycles. The lowest BCUT2D eigenvalue weighted by Crippen LogP contribution is -2.23. The van der Waals surface area contributed by atoms with Crippen molar-refractivity contribution in [3.63, 3.8) is 0 Å². The SMILES string of the molecule is COC(=O)C(C)CS(=O)(=O)Cc1ccc(C(N)=O)cc1. The van der Waals surface area contributed by atoms with Crippen LogP contribution in [-0.2, 0) is 25.1 Å². The molecular formula is C13H17NO5S. The first kappa shape index (κ1) is 16.2. The number of methoxy groups -OCH3 is 1. The number of hydrogen-bond donors (Lipinski definition) is 1. The van der Waals surface area contributed by atoms with Gasteiger partial charge in [0.25, 0.3) is 0 Å². The molecule has 2 N–H and O–H groups in total. The van der Waals surface area contributed by atoms with Crippen LogP contribution in [0.3, 0.4) is 0 Å². The van der Waals surface area contributed by atoms with Crippen LogP contribution < -0.4 is 5.73 Å². The second-order valence-electron chi connectivity index (χ2n) is 4.54. The van der Waals surface area contributed by atoms with Crippen molar-refractivity contribution >= 4 is 21.7 Å². The molecule has 0 saturated carbocycles. The number of rotatable bonds is 6. The average Bonchev–Trinajstić information content (AvgIpc) is 2.37. The number of benzene rings is 1. The van der Waals surface area contributed by atoms with Crippen LogP contribution in [0.5, 0.6) is 0 Å². The summed E-state index contributed by atoms with van der Waals surface area (Å²) >= 11 is 0. The maximum absolute atomic E-state index is 12.0. The Morgan fingerprint density at radius 2 is 1.80 bits per heavy atom. The number of carbonyl (C=O) groups excluding carboxylic acids is 2. The fourth-order valence-electron chi connectivity index (χ4n) is 1.73. The molecule has 0 bridgehead atoms. The molecular weight excluding hydrogens is 282 g/mol. The van der Waals surface area contributed by atoms with Crippen molar-refractivity contribution in [2.45, 2.75) is 12.7 Å². The standard InChI is InChI=1S/C13H17NO5S/c1-9(13(16)19-2)7-20(17,18)8-10-3-5-11(6-4-10)12(14)15/h3-6,9H,7-8H2,1-2H3,(H2,14,15). The lowest BCUT2D eigenvalue weighted by molar-refractivity contribution is -0.144. The number of primary amides is 1. The van der Waals surface area contributed by atoms with Crippen molar-refractivity contribution in [3.05, 3.63) is 35.4 Å². The van der Waals surface area contributed by atoms with Crippen molar-refractivity contribution in [1.29, 1.82) is 0 Å². The lowest BCUT2D eigenvalue weighted by Gasteiger charge is -2.10. The molecule has 20 heavy (non-hydrogen) atoms. The molecule has 1 amide bonds. The van der Waals surface area contributed by atoms with Gasteiger partial charge in [-0.25, -0.2) is 8.42 Å². The fourth-order valence-corrected chi connectivity index (χ4v) is 3.44. The molecule has 0 aliphatic carbocycles. The van der Waals surface area contributed by atoms with Crippen LogP contribution in [0.4, 0.5) is 0 Å². The summed E-state index contributed by atoms with van der Waals surface area (Å²) in [6.45, 7) is 1.50. The van der Waals surface area contributed by atoms with Crippen LogP contribution in [0.2, 0.25) is 0 Å². The molecule has 0 heterocycles. The molecule has 0 saturated heterocycles. The van der Waals surface area contributed by atoms with Gasteiger partial charge >= 0.3 is 5.97 Å². The maximum Gasteiger partial charge on any atom is 0.309 e. The van der Waals surface area contributed by atoms with Gasteiger partial charge in [-0.3, -0.25) is 9.59 Å². The largest absolute Gasteiger partial charge is 0.469 e. The Bertz CT molecular complexity index is 592. The summed E-state index contributed by atoms with van der Waals surface area (Å²) < 4.78 is 28.4. The Balaban J connectivity index is 2.76. The van der Waals surface area contributed by atoms with Crippen molar-refractivity contribution in [2.24, 2.45) is 11.7 Å². The monoisotopic (exact) mass is 299 g/mol. The van der Waals surface area contributed by atoms with Gasteiger partial charge in [0.15, 0.2) is 9.84 Å². The number of esters is 1. The third-order valence-electron chi connectivity index (χ3n) is 2.73. The van der Waals surface area contributed by atoms with E-state index in [2.05, 4.69) is 4.74 Å². The van der Waals surface area contributed by atoms with Crippen LogP contribution in [0, 0.1) is 5.92 Å². The van der Waals surface area contributed by atoms with Gasteiger partial charge in [0.1, 0.15) is 0 Å². The third-order valence-corrected chi connectivity index (χ3v) is 4.51. The molecule has 1 atom stereocenters. The van der Waals surface area contributed by atoms with E-state index in [4.69, 9.17) is 5.73 Å². The van der Waals surface area contributed by atoms with Crippen LogP contribution in [0.25, 0.3) is 0 Å². The van der Waals surface area contributed by atoms with Gasteiger partial charge in [-0.2, -0.15) is 0 Å². The van der Waals surface area contributed by atoms with E-state index in [-0.39, 0.29) is 11.5 Å². The van der Waals surface area contributed by atoms with Gasteiger partial charge in [-0.1, -0.05) is 19.1 Å². The summed E-state index contributed by atoms with van der Waals surface area (Å²) in [4.78, 5) is 22.1. The first-order valence-electron chi connectivity index (χ1n) is 5.92. The van der Waals surface area contributed by atoms with Crippen molar-refractivity contribution in [1.82, 2.24) is 0 Å². The van der Waals surface area contributed by atoms with Gasteiger partial charge in [0.05, 0.1) is 24.5 Å². The van der Waals surface area contributed by atoms with Crippen molar-refractivity contribution < 1.29 is 22.7 Å². The minimum atomic E-state index is -3.44. The van der Waals surface area contributed by atoms with Gasteiger partial charge in [0, 0.05) is 5.56 Å². The third kappa shape index (κ3) is 4.65. The molecule has 0 fully saturated rings. The predicted octanol–water partition coefficient (Wildman–Crippen LogP) is 0.509. The first-order chi connectivity index (χ1) is 9.25. The zero-order valence-electron chi connectivity index (χ0n) is 11.3. The topological polar surface area (TPSA) is 104 Å². The van der Waals surface area contributed by atoms with E-state index >= 15 is 0 Å². The highest BCUT2D eigenvalue weighted by Gasteiger charge is 2.22. The highest BCUT2D eigenvalue weighted by molar-refractivity contribution is 7.90. The Kier molecular flexibility index (Phi) is 5.26. The second-order valence-corrected chi connectivity index (χ2v) is 6.65. The van der Waals surface area contributed by atoms with E-state index in [1.807, 2.05) is 0 Å².